The Kier molecular flexibility index (Phi) is 8.91. The lowest BCUT2D eigenvalue weighted by Crippen LogP contribution is -2.38. The fourth-order valence-electron chi connectivity index (χ4n) is 1.67. The van der Waals surface area contributed by atoms with E-state index in [1.54, 1.807) is 18.9 Å². The van der Waals surface area contributed by atoms with Crippen molar-refractivity contribution >= 4 is 17.7 Å². The Labute approximate surface area is 126 Å². The van der Waals surface area contributed by atoms with Crippen molar-refractivity contribution in [1.82, 2.24) is 10.6 Å². The summed E-state index contributed by atoms with van der Waals surface area (Å²) in [7, 11) is 1.72. The first kappa shape index (κ1) is 16.9. The molecule has 0 fully saturated rings. The summed E-state index contributed by atoms with van der Waals surface area (Å²) in [5.41, 5.74) is 1.22. The van der Waals surface area contributed by atoms with Crippen molar-refractivity contribution in [3.05, 3.63) is 29.8 Å². The Balaban J connectivity index is 2.47. The van der Waals surface area contributed by atoms with Crippen molar-refractivity contribution in [3.63, 3.8) is 0 Å². The summed E-state index contributed by atoms with van der Waals surface area (Å²) < 4.78 is 5.03. The Morgan fingerprint density at radius 2 is 2.00 bits per heavy atom. The molecule has 5 heteroatoms. The van der Waals surface area contributed by atoms with Gasteiger partial charge in [-0.2, -0.15) is 0 Å². The number of ether oxygens (including phenoxy) is 1. The second-order valence-electron chi connectivity index (χ2n) is 4.32. The van der Waals surface area contributed by atoms with E-state index in [1.165, 1.54) is 10.5 Å². The molecule has 0 aliphatic rings. The molecule has 0 unspecified atom stereocenters. The van der Waals surface area contributed by atoms with E-state index in [0.717, 1.165) is 32.1 Å². The van der Waals surface area contributed by atoms with Crippen molar-refractivity contribution in [2.24, 2.45) is 4.99 Å². The van der Waals surface area contributed by atoms with Crippen LogP contribution in [0, 0.1) is 0 Å². The molecule has 4 nitrogen and oxygen atoms in total. The van der Waals surface area contributed by atoms with Gasteiger partial charge in [0, 0.05) is 31.7 Å². The van der Waals surface area contributed by atoms with Gasteiger partial charge in [-0.25, -0.2) is 4.99 Å². The lowest BCUT2D eigenvalue weighted by Gasteiger charge is -2.11. The Morgan fingerprint density at radius 1 is 1.25 bits per heavy atom. The molecule has 0 aliphatic heterocycles. The van der Waals surface area contributed by atoms with Gasteiger partial charge in [-0.15, -0.1) is 11.8 Å². The summed E-state index contributed by atoms with van der Waals surface area (Å²) in [5.74, 6) is 0.859. The van der Waals surface area contributed by atoms with E-state index in [9.17, 15) is 0 Å². The molecular formula is C15H25N3OS. The largest absolute Gasteiger partial charge is 0.385 e. The molecule has 0 bridgehead atoms. The van der Waals surface area contributed by atoms with Gasteiger partial charge in [-0.3, -0.25) is 0 Å². The number of rotatable bonds is 8. The number of thioether (sulfide) groups is 1. The number of aliphatic imine (C=N–C) groups is 1. The maximum absolute atomic E-state index is 5.03. The zero-order valence-electron chi connectivity index (χ0n) is 12.6. The molecule has 1 aromatic rings. The molecule has 112 valence electrons. The summed E-state index contributed by atoms with van der Waals surface area (Å²) in [4.78, 5) is 5.86. The maximum atomic E-state index is 5.03. The van der Waals surface area contributed by atoms with E-state index in [2.05, 4.69) is 53.1 Å². The second-order valence-corrected chi connectivity index (χ2v) is 5.20. The van der Waals surface area contributed by atoms with Crippen LogP contribution in [-0.2, 0) is 11.3 Å². The highest BCUT2D eigenvalue weighted by Crippen LogP contribution is 2.15. The first-order valence-corrected chi connectivity index (χ1v) is 8.16. The molecule has 0 saturated carbocycles. The van der Waals surface area contributed by atoms with E-state index in [-0.39, 0.29) is 0 Å². The van der Waals surface area contributed by atoms with Gasteiger partial charge in [0.25, 0.3) is 0 Å². The Morgan fingerprint density at radius 3 is 2.60 bits per heavy atom. The predicted octanol–water partition coefficient (Wildman–Crippen LogP) is 2.50. The van der Waals surface area contributed by atoms with Gasteiger partial charge < -0.3 is 15.4 Å². The molecule has 0 aromatic heterocycles. The smallest absolute Gasteiger partial charge is 0.191 e. The molecule has 0 saturated heterocycles. The third-order valence-corrected chi connectivity index (χ3v) is 3.48. The minimum Gasteiger partial charge on any atom is -0.385 e. The van der Waals surface area contributed by atoms with Crippen LogP contribution in [0.2, 0.25) is 0 Å². The molecule has 0 aliphatic carbocycles. The molecule has 1 aromatic carbocycles. The van der Waals surface area contributed by atoms with E-state index in [1.807, 2.05) is 0 Å². The summed E-state index contributed by atoms with van der Waals surface area (Å²) in [6.07, 6.45) is 3.06. The maximum Gasteiger partial charge on any atom is 0.191 e. The second kappa shape index (κ2) is 10.6. The number of benzene rings is 1. The van der Waals surface area contributed by atoms with Gasteiger partial charge in [0.2, 0.25) is 0 Å². The number of hydrogen-bond donors (Lipinski definition) is 2. The number of methoxy groups -OCH3 is 1. The minimum absolute atomic E-state index is 0.689. The molecule has 0 amide bonds. The van der Waals surface area contributed by atoms with Crippen molar-refractivity contribution < 1.29 is 4.74 Å². The normalized spacial score (nSPS) is 11.4. The third kappa shape index (κ3) is 6.82. The Hall–Kier alpha value is -1.20. The predicted molar refractivity (Wildman–Crippen MR) is 87.5 cm³/mol. The molecule has 2 N–H and O–H groups in total. The van der Waals surface area contributed by atoms with Crippen molar-refractivity contribution in [2.75, 3.05) is 33.1 Å². The number of hydrogen-bond acceptors (Lipinski definition) is 3. The van der Waals surface area contributed by atoms with Gasteiger partial charge in [-0.1, -0.05) is 12.1 Å². The van der Waals surface area contributed by atoms with Crippen molar-refractivity contribution in [3.8, 4) is 0 Å². The summed E-state index contributed by atoms with van der Waals surface area (Å²) >= 11 is 1.75. The average Bonchev–Trinajstić information content (AvgIpc) is 2.49. The molecule has 0 heterocycles. The van der Waals surface area contributed by atoms with E-state index < -0.39 is 0 Å². The summed E-state index contributed by atoms with van der Waals surface area (Å²) in [5, 5.41) is 6.55. The topological polar surface area (TPSA) is 45.7 Å². The fraction of sp³-hybridized carbons (Fsp3) is 0.533. The van der Waals surface area contributed by atoms with Crippen molar-refractivity contribution in [2.45, 2.75) is 24.8 Å². The highest BCUT2D eigenvalue weighted by molar-refractivity contribution is 7.98. The number of guanidine groups is 1. The standard InChI is InChI=1S/C15H25N3OS/c1-4-16-15(17-10-5-11-19-2)18-12-13-6-8-14(20-3)9-7-13/h6-9H,4-5,10-12H2,1-3H3,(H2,16,17,18). The molecule has 0 atom stereocenters. The summed E-state index contributed by atoms with van der Waals surface area (Å²) in [6.45, 7) is 5.25. The van der Waals surface area contributed by atoms with Crippen LogP contribution in [0.5, 0.6) is 0 Å². The van der Waals surface area contributed by atoms with Crippen LogP contribution in [0.3, 0.4) is 0 Å². The zero-order chi connectivity index (χ0) is 14.6. The van der Waals surface area contributed by atoms with Crippen LogP contribution in [0.4, 0.5) is 0 Å². The summed E-state index contributed by atoms with van der Waals surface area (Å²) in [6, 6.07) is 8.52. The SMILES string of the molecule is CCNC(=NCc1ccc(SC)cc1)NCCCOC. The van der Waals surface area contributed by atoms with Gasteiger partial charge in [0.1, 0.15) is 0 Å². The zero-order valence-corrected chi connectivity index (χ0v) is 13.4. The van der Waals surface area contributed by atoms with E-state index in [0.29, 0.717) is 6.54 Å². The van der Waals surface area contributed by atoms with Crippen LogP contribution in [0.25, 0.3) is 0 Å². The lowest BCUT2D eigenvalue weighted by molar-refractivity contribution is 0.195. The highest BCUT2D eigenvalue weighted by atomic mass is 32.2. The first-order valence-electron chi connectivity index (χ1n) is 6.94. The van der Waals surface area contributed by atoms with Crippen LogP contribution in [0.15, 0.2) is 34.2 Å². The van der Waals surface area contributed by atoms with Gasteiger partial charge in [0.05, 0.1) is 6.54 Å². The number of nitrogens with zero attached hydrogens (tertiary/aromatic N) is 1. The van der Waals surface area contributed by atoms with Gasteiger partial charge in [-0.05, 0) is 37.3 Å². The average molecular weight is 295 g/mol. The van der Waals surface area contributed by atoms with Crippen molar-refractivity contribution in [1.29, 1.82) is 0 Å². The van der Waals surface area contributed by atoms with Gasteiger partial charge in [0.15, 0.2) is 5.96 Å². The molecule has 20 heavy (non-hydrogen) atoms. The van der Waals surface area contributed by atoms with Gasteiger partial charge >= 0.3 is 0 Å². The van der Waals surface area contributed by atoms with Crippen LogP contribution in [-0.4, -0.2) is 39.0 Å². The fourth-order valence-corrected chi connectivity index (χ4v) is 2.07. The highest BCUT2D eigenvalue weighted by Gasteiger charge is 1.97. The monoisotopic (exact) mass is 295 g/mol. The minimum atomic E-state index is 0.689. The van der Waals surface area contributed by atoms with Crippen LogP contribution >= 0.6 is 11.8 Å². The van der Waals surface area contributed by atoms with E-state index >= 15 is 0 Å². The Bertz CT molecular complexity index is 393. The third-order valence-electron chi connectivity index (χ3n) is 2.74. The van der Waals surface area contributed by atoms with Crippen LogP contribution < -0.4 is 10.6 Å². The first-order chi connectivity index (χ1) is 9.80. The molecule has 0 radical (unpaired) electrons. The lowest BCUT2D eigenvalue weighted by atomic mass is 10.2. The molecule has 0 spiro atoms. The molecular weight excluding hydrogens is 270 g/mol. The quantitative estimate of drug-likeness (QED) is 0.335. The van der Waals surface area contributed by atoms with E-state index in [4.69, 9.17) is 4.74 Å². The molecule has 1 rings (SSSR count). The number of nitrogens with one attached hydrogen (secondary N) is 2. The van der Waals surface area contributed by atoms with Crippen LogP contribution in [0.1, 0.15) is 18.9 Å².